The van der Waals surface area contributed by atoms with Crippen LogP contribution in [0.3, 0.4) is 0 Å². The molecule has 29 heavy (non-hydrogen) atoms. The van der Waals surface area contributed by atoms with Crippen LogP contribution in [0.5, 0.6) is 0 Å². The van der Waals surface area contributed by atoms with Crippen molar-refractivity contribution in [2.24, 2.45) is 0 Å². The Morgan fingerprint density at radius 1 is 1.28 bits per heavy atom. The first-order valence-electron chi connectivity index (χ1n) is 10.5. The summed E-state index contributed by atoms with van der Waals surface area (Å²) in [6.07, 6.45) is 3.92. The lowest BCUT2D eigenvalue weighted by atomic mass is 10.2. The molecular formula is C19H32N4O5S. The molecule has 2 aliphatic heterocycles. The van der Waals surface area contributed by atoms with Crippen LogP contribution in [0.25, 0.3) is 0 Å². The Morgan fingerprint density at radius 2 is 2.03 bits per heavy atom. The number of aromatic nitrogens is 2. The minimum absolute atomic E-state index is 0.0270. The van der Waals surface area contributed by atoms with E-state index in [1.165, 1.54) is 0 Å². The van der Waals surface area contributed by atoms with E-state index in [1.54, 1.807) is 18.0 Å². The summed E-state index contributed by atoms with van der Waals surface area (Å²) in [6, 6.07) is 0. The molecule has 0 bridgehead atoms. The number of nitrogens with zero attached hydrogens (tertiary/aromatic N) is 4. The third-order valence-corrected chi connectivity index (χ3v) is 7.17. The Balaban J connectivity index is 1.72. The van der Waals surface area contributed by atoms with Gasteiger partial charge in [-0.05, 0) is 26.2 Å². The molecule has 1 atom stereocenters. The summed E-state index contributed by atoms with van der Waals surface area (Å²) < 4.78 is 38.1. The maximum atomic E-state index is 12.7. The van der Waals surface area contributed by atoms with Gasteiger partial charge in [-0.2, -0.15) is 0 Å². The third kappa shape index (κ3) is 5.49. The van der Waals surface area contributed by atoms with Gasteiger partial charge in [-0.25, -0.2) is 18.2 Å². The minimum atomic E-state index is -3.42. The molecule has 1 unspecified atom stereocenters. The van der Waals surface area contributed by atoms with Crippen molar-refractivity contribution in [3.63, 3.8) is 0 Å². The number of ether oxygens (including phenoxy) is 2. The van der Waals surface area contributed by atoms with E-state index in [0.29, 0.717) is 52.3 Å². The highest BCUT2D eigenvalue weighted by Gasteiger charge is 2.28. The van der Waals surface area contributed by atoms with Gasteiger partial charge in [-0.1, -0.05) is 6.92 Å². The van der Waals surface area contributed by atoms with Crippen LogP contribution in [0.2, 0.25) is 0 Å². The second-order valence-corrected chi connectivity index (χ2v) is 9.56. The average Bonchev–Trinajstić information content (AvgIpc) is 3.34. The third-order valence-electron chi connectivity index (χ3n) is 5.35. The van der Waals surface area contributed by atoms with E-state index in [1.807, 2.05) is 11.5 Å². The van der Waals surface area contributed by atoms with Crippen LogP contribution < -0.4 is 0 Å². The fourth-order valence-electron chi connectivity index (χ4n) is 3.85. The molecular weight excluding hydrogens is 396 g/mol. The number of hydrogen-bond acceptors (Lipinski definition) is 7. The molecule has 1 amide bonds. The van der Waals surface area contributed by atoms with E-state index < -0.39 is 9.84 Å². The van der Waals surface area contributed by atoms with E-state index in [0.717, 1.165) is 25.1 Å². The van der Waals surface area contributed by atoms with Gasteiger partial charge in [0.1, 0.15) is 0 Å². The molecule has 1 aromatic heterocycles. The van der Waals surface area contributed by atoms with Crippen LogP contribution >= 0.6 is 0 Å². The van der Waals surface area contributed by atoms with Gasteiger partial charge in [0.25, 0.3) is 0 Å². The number of amides is 1. The smallest absolute Gasteiger partial charge is 0.409 e. The molecule has 2 saturated heterocycles. The highest BCUT2D eigenvalue weighted by Crippen LogP contribution is 2.21. The molecule has 0 saturated carbocycles. The Hall–Kier alpha value is -1.65. The van der Waals surface area contributed by atoms with E-state index in [-0.39, 0.29) is 23.1 Å². The van der Waals surface area contributed by atoms with Gasteiger partial charge in [-0.3, -0.25) is 4.90 Å². The topological polar surface area (TPSA) is 94.0 Å². The lowest BCUT2D eigenvalue weighted by Crippen LogP contribution is -2.48. The maximum absolute atomic E-state index is 12.7. The fraction of sp³-hybridized carbons (Fsp3) is 0.789. The highest BCUT2D eigenvalue weighted by atomic mass is 32.2. The first kappa shape index (κ1) is 22.0. The minimum Gasteiger partial charge on any atom is -0.450 e. The zero-order chi connectivity index (χ0) is 20.9. The van der Waals surface area contributed by atoms with Gasteiger partial charge in [0.05, 0.1) is 36.9 Å². The van der Waals surface area contributed by atoms with Gasteiger partial charge in [0.15, 0.2) is 0 Å². The summed E-state index contributed by atoms with van der Waals surface area (Å²) in [4.78, 5) is 20.1. The maximum Gasteiger partial charge on any atom is 0.409 e. The number of carbonyl (C=O) groups is 1. The van der Waals surface area contributed by atoms with Crippen LogP contribution in [0.4, 0.5) is 4.79 Å². The van der Waals surface area contributed by atoms with Crippen molar-refractivity contribution in [1.82, 2.24) is 19.4 Å². The molecule has 3 rings (SSSR count). The molecule has 0 spiro atoms. The van der Waals surface area contributed by atoms with Crippen LogP contribution in [-0.4, -0.2) is 85.1 Å². The second kappa shape index (κ2) is 9.90. The summed E-state index contributed by atoms with van der Waals surface area (Å²) in [5.74, 6) is 0.0905. The van der Waals surface area contributed by atoms with E-state index in [2.05, 4.69) is 9.88 Å². The largest absolute Gasteiger partial charge is 0.450 e. The summed E-state index contributed by atoms with van der Waals surface area (Å²) in [7, 11) is -3.42. The zero-order valence-electron chi connectivity index (χ0n) is 17.4. The van der Waals surface area contributed by atoms with Gasteiger partial charge in [-0.15, -0.1) is 0 Å². The van der Waals surface area contributed by atoms with Crippen molar-refractivity contribution >= 4 is 15.9 Å². The van der Waals surface area contributed by atoms with Crippen molar-refractivity contribution < 1.29 is 22.7 Å². The van der Waals surface area contributed by atoms with Gasteiger partial charge < -0.3 is 18.9 Å². The molecule has 0 aromatic carbocycles. The van der Waals surface area contributed by atoms with Crippen LogP contribution in [0.15, 0.2) is 11.4 Å². The number of imidazole rings is 1. The van der Waals surface area contributed by atoms with Crippen molar-refractivity contribution in [1.29, 1.82) is 0 Å². The SMILES string of the molecule is CCCS(=O)(=O)c1ncc(CN2CCN(C(=O)OCC)CC2)n1CC1CCCO1. The summed E-state index contributed by atoms with van der Waals surface area (Å²) in [5.41, 5.74) is 0.875. The molecule has 0 aliphatic carbocycles. The van der Waals surface area contributed by atoms with Gasteiger partial charge in [0.2, 0.25) is 15.0 Å². The Morgan fingerprint density at radius 3 is 2.66 bits per heavy atom. The number of hydrogen-bond donors (Lipinski definition) is 0. The van der Waals surface area contributed by atoms with Crippen molar-refractivity contribution in [3.8, 4) is 0 Å². The standard InChI is InChI=1S/C19H32N4O5S/c1-3-12-29(25,26)18-20-13-16(23(18)15-17-6-5-11-28-17)14-21-7-9-22(10-8-21)19(24)27-4-2/h13,17H,3-12,14-15H2,1-2H3. The van der Waals surface area contributed by atoms with Gasteiger partial charge >= 0.3 is 6.09 Å². The van der Waals surface area contributed by atoms with Gasteiger partial charge in [0, 0.05) is 39.3 Å². The van der Waals surface area contributed by atoms with Crippen molar-refractivity contribution in [3.05, 3.63) is 11.9 Å². The Labute approximate surface area is 172 Å². The Bertz CT molecular complexity index is 781. The number of piperazine rings is 1. The van der Waals surface area contributed by atoms with E-state index in [4.69, 9.17) is 9.47 Å². The monoisotopic (exact) mass is 428 g/mol. The molecule has 2 aliphatic rings. The highest BCUT2D eigenvalue weighted by molar-refractivity contribution is 7.91. The predicted octanol–water partition coefficient (Wildman–Crippen LogP) is 1.52. The van der Waals surface area contributed by atoms with Crippen LogP contribution in [-0.2, 0) is 32.4 Å². The Kier molecular flexibility index (Phi) is 7.53. The van der Waals surface area contributed by atoms with Crippen LogP contribution in [0, 0.1) is 0 Å². The quantitative estimate of drug-likeness (QED) is 0.620. The molecule has 3 heterocycles. The molecule has 1 aromatic rings. The molecule has 164 valence electrons. The lowest BCUT2D eigenvalue weighted by Gasteiger charge is -2.34. The summed E-state index contributed by atoms with van der Waals surface area (Å²) in [6.45, 7) is 8.47. The van der Waals surface area contributed by atoms with E-state index >= 15 is 0 Å². The summed E-state index contributed by atoms with van der Waals surface area (Å²) >= 11 is 0. The van der Waals surface area contributed by atoms with Crippen LogP contribution in [0.1, 0.15) is 38.8 Å². The molecule has 2 fully saturated rings. The lowest BCUT2D eigenvalue weighted by molar-refractivity contribution is 0.0753. The van der Waals surface area contributed by atoms with Crippen molar-refractivity contribution in [2.45, 2.75) is 57.5 Å². The fourth-order valence-corrected chi connectivity index (χ4v) is 5.31. The first-order chi connectivity index (χ1) is 13.9. The molecule has 0 N–H and O–H groups in total. The summed E-state index contributed by atoms with van der Waals surface area (Å²) in [5, 5.41) is 0.148. The first-order valence-corrected chi connectivity index (χ1v) is 12.1. The number of sulfone groups is 1. The number of carbonyl (C=O) groups excluding carboxylic acids is 1. The zero-order valence-corrected chi connectivity index (χ0v) is 18.2. The van der Waals surface area contributed by atoms with Crippen molar-refractivity contribution in [2.75, 3.05) is 45.1 Å². The predicted molar refractivity (Wildman–Crippen MR) is 107 cm³/mol. The molecule has 10 heteroatoms. The van der Waals surface area contributed by atoms with E-state index in [9.17, 15) is 13.2 Å². The average molecular weight is 429 g/mol. The second-order valence-electron chi connectivity index (χ2n) is 7.56. The molecule has 9 nitrogen and oxygen atoms in total. The normalized spacial score (nSPS) is 20.9. The number of rotatable bonds is 8. The molecule has 0 radical (unpaired) electrons.